The van der Waals surface area contributed by atoms with Crippen molar-refractivity contribution in [2.75, 3.05) is 0 Å². The third-order valence-corrected chi connectivity index (χ3v) is 0. The van der Waals surface area contributed by atoms with Gasteiger partial charge in [0.2, 0.25) is 0 Å². The predicted octanol–water partition coefficient (Wildman–Crippen LogP) is -1.05. The van der Waals surface area contributed by atoms with Crippen LogP contribution in [0.3, 0.4) is 0 Å². The van der Waals surface area contributed by atoms with Gasteiger partial charge in [-0.25, -0.2) is 0 Å². The molecule has 0 spiro atoms. The zero-order chi connectivity index (χ0) is 0. The van der Waals surface area contributed by atoms with E-state index >= 15 is 0 Å². The van der Waals surface area contributed by atoms with Gasteiger partial charge in [-0.05, 0) is 0 Å². The van der Waals surface area contributed by atoms with Crippen LogP contribution in [0, 0.1) is 0 Å². The zero-order valence-electron chi connectivity index (χ0n) is 1.21. The van der Waals surface area contributed by atoms with Gasteiger partial charge in [0, 0.05) is 17.1 Å². The van der Waals surface area contributed by atoms with Crippen molar-refractivity contribution in [2.24, 2.45) is 0 Å². The Bertz CT molecular complexity index is 8.00. The normalized spacial score (nSPS) is 0. The molecule has 0 bridgehead atoms. The van der Waals surface area contributed by atoms with Crippen molar-refractivity contribution >= 4 is 42.0 Å². The van der Waals surface area contributed by atoms with E-state index in [1.54, 1.807) is 0 Å². The van der Waals surface area contributed by atoms with Gasteiger partial charge >= 0.3 is 29.6 Å². The first-order valence-corrected chi connectivity index (χ1v) is 0. The van der Waals surface area contributed by atoms with Gasteiger partial charge in [0.05, 0.1) is 0 Å². The van der Waals surface area contributed by atoms with Crippen molar-refractivity contribution in [3.8, 4) is 0 Å². The van der Waals surface area contributed by atoms with Crippen molar-refractivity contribution < 1.29 is 22.5 Å². The summed E-state index contributed by atoms with van der Waals surface area (Å²) in [4.78, 5) is 0. The molecule has 4 heteroatoms. The van der Waals surface area contributed by atoms with E-state index in [0.29, 0.717) is 0 Å². The van der Waals surface area contributed by atoms with Crippen LogP contribution in [-0.2, 0) is 17.1 Å². The summed E-state index contributed by atoms with van der Waals surface area (Å²) >= 11 is 0. The maximum absolute atomic E-state index is 0. The summed E-state index contributed by atoms with van der Waals surface area (Å²) in [6.45, 7) is 0. The molecule has 0 saturated heterocycles. The summed E-state index contributed by atoms with van der Waals surface area (Å²) in [5.74, 6) is 0. The van der Waals surface area contributed by atoms with Crippen molar-refractivity contribution in [3.05, 3.63) is 0 Å². The molecule has 2 N–H and O–H groups in total. The maximum atomic E-state index is 0. The zero-order valence-corrected chi connectivity index (χ0v) is 2.97. The second-order valence-electron chi connectivity index (χ2n) is 0. The van der Waals surface area contributed by atoms with Gasteiger partial charge in [0.25, 0.3) is 0 Å². The minimum absolute atomic E-state index is 0. The molecule has 0 amide bonds. The van der Waals surface area contributed by atoms with E-state index in [-0.39, 0.29) is 64.5 Å². The van der Waals surface area contributed by atoms with Crippen LogP contribution in [0.15, 0.2) is 0 Å². The van der Waals surface area contributed by atoms with Crippen LogP contribution in [0.2, 0.25) is 0 Å². The molecule has 0 aliphatic heterocycles. The van der Waals surface area contributed by atoms with Crippen LogP contribution in [0.5, 0.6) is 0 Å². The van der Waals surface area contributed by atoms with Gasteiger partial charge in [-0.1, -0.05) is 0 Å². The molecule has 29 valence electrons. The molecule has 1 radical (unpaired) electrons. The quantitative estimate of drug-likeness (QED) is 0.386. The second kappa shape index (κ2) is 21.6. The fourth-order valence-corrected chi connectivity index (χ4v) is 0. The van der Waals surface area contributed by atoms with Gasteiger partial charge in [-0.2, -0.15) is 0 Å². The second-order valence-corrected chi connectivity index (χ2v) is 0. The molecular weight excluding hydrogens is 138 g/mol. The summed E-state index contributed by atoms with van der Waals surface area (Å²) in [5, 5.41) is 0. The number of halogens is 1. The van der Waals surface area contributed by atoms with Crippen LogP contribution >= 0.6 is 12.4 Å². The molecule has 0 aromatic carbocycles. The van der Waals surface area contributed by atoms with Crippen LogP contribution in [-0.4, -0.2) is 35.0 Å². The first kappa shape index (κ1) is 41.9. The molecule has 0 rings (SSSR count). The van der Waals surface area contributed by atoms with E-state index in [0.717, 1.165) is 0 Å². The van der Waals surface area contributed by atoms with Gasteiger partial charge < -0.3 is 5.48 Å². The van der Waals surface area contributed by atoms with Crippen molar-refractivity contribution in [1.29, 1.82) is 0 Å². The summed E-state index contributed by atoms with van der Waals surface area (Å²) in [6, 6.07) is 0. The molecule has 0 aromatic rings. The Morgan fingerprint density at radius 3 is 1.00 bits per heavy atom. The van der Waals surface area contributed by atoms with Crippen molar-refractivity contribution in [1.82, 2.24) is 0 Å². The van der Waals surface area contributed by atoms with Gasteiger partial charge in [-0.15, -0.1) is 12.4 Å². The van der Waals surface area contributed by atoms with E-state index in [4.69, 9.17) is 0 Å². The molecular formula is H4ClCuNaO. The summed E-state index contributed by atoms with van der Waals surface area (Å²) in [7, 11) is 0. The third-order valence-electron chi connectivity index (χ3n) is 0. The van der Waals surface area contributed by atoms with E-state index in [2.05, 4.69) is 0 Å². The fraction of sp³-hybridized carbons (Fsp3) is 0. The Morgan fingerprint density at radius 1 is 1.00 bits per heavy atom. The van der Waals surface area contributed by atoms with E-state index in [9.17, 15) is 0 Å². The van der Waals surface area contributed by atoms with E-state index in [1.165, 1.54) is 0 Å². The van der Waals surface area contributed by atoms with Crippen molar-refractivity contribution in [2.45, 2.75) is 0 Å². The molecule has 0 saturated carbocycles. The SMILES string of the molecule is Cl.O.[Cu].[NaH]. The molecule has 0 unspecified atom stereocenters. The average Bonchev–Trinajstić information content (AvgIpc) is 0. The summed E-state index contributed by atoms with van der Waals surface area (Å²) in [6.07, 6.45) is 0. The van der Waals surface area contributed by atoms with Crippen LogP contribution in [0.25, 0.3) is 0 Å². The van der Waals surface area contributed by atoms with Crippen LogP contribution in [0.4, 0.5) is 0 Å². The molecule has 0 atom stereocenters. The Kier molecular flexibility index (Phi) is 227. The molecule has 0 aromatic heterocycles. The topological polar surface area (TPSA) is 31.5 Å². The van der Waals surface area contributed by atoms with Crippen LogP contribution < -0.4 is 0 Å². The number of hydrogen-bond acceptors (Lipinski definition) is 0. The first-order chi connectivity index (χ1) is 0. The summed E-state index contributed by atoms with van der Waals surface area (Å²) < 4.78 is 0. The molecule has 4 heavy (non-hydrogen) atoms. The van der Waals surface area contributed by atoms with Crippen LogP contribution in [0.1, 0.15) is 0 Å². The first-order valence-electron chi connectivity index (χ1n) is 0. The predicted molar refractivity (Wildman–Crippen MR) is 18.0 cm³/mol. The van der Waals surface area contributed by atoms with Gasteiger partial charge in [-0.3, -0.25) is 0 Å². The van der Waals surface area contributed by atoms with Crippen molar-refractivity contribution in [3.63, 3.8) is 0 Å². The Labute approximate surface area is 64.0 Å². The van der Waals surface area contributed by atoms with Gasteiger partial charge in [0.1, 0.15) is 0 Å². The summed E-state index contributed by atoms with van der Waals surface area (Å²) in [5.41, 5.74) is 0. The van der Waals surface area contributed by atoms with E-state index in [1.807, 2.05) is 0 Å². The fourth-order valence-electron chi connectivity index (χ4n) is 0. The minimum atomic E-state index is 0. The Morgan fingerprint density at radius 2 is 1.00 bits per heavy atom. The van der Waals surface area contributed by atoms with E-state index < -0.39 is 0 Å². The Balaban J connectivity index is 0. The number of rotatable bonds is 0. The standard InChI is InChI=1S/ClH.Cu.Na.H2O.H/h1H;;;1H2;. The third kappa shape index (κ3) is 9.23. The monoisotopic (exact) mass is 141 g/mol. The molecule has 0 fully saturated rings. The average molecular weight is 142 g/mol. The molecule has 0 aliphatic carbocycles. The molecule has 0 aliphatic rings. The van der Waals surface area contributed by atoms with Gasteiger partial charge in [0.15, 0.2) is 0 Å². The number of hydrogen-bond donors (Lipinski definition) is 0. The molecule has 1 nitrogen and oxygen atoms in total. The molecule has 0 heterocycles. The Hall–Kier alpha value is 1.77.